The molecule has 0 amide bonds. The summed E-state index contributed by atoms with van der Waals surface area (Å²) in [6.07, 6.45) is 0.683. The lowest BCUT2D eigenvalue weighted by atomic mass is 10.1. The molecule has 0 aliphatic carbocycles. The predicted molar refractivity (Wildman–Crippen MR) is 83.4 cm³/mol. The average Bonchev–Trinajstić information content (AvgIpc) is 2.57. The van der Waals surface area contributed by atoms with Gasteiger partial charge in [0.05, 0.1) is 7.11 Å². The Labute approximate surface area is 123 Å². The highest BCUT2D eigenvalue weighted by molar-refractivity contribution is 6.01. The number of benzene rings is 2. The van der Waals surface area contributed by atoms with Gasteiger partial charge in [0.15, 0.2) is 5.84 Å². The first-order valence-corrected chi connectivity index (χ1v) is 6.70. The van der Waals surface area contributed by atoms with Crippen molar-refractivity contribution >= 4 is 11.7 Å². The number of nitrogens with one attached hydrogen (secondary N) is 2. The first kappa shape index (κ1) is 13.2. The summed E-state index contributed by atoms with van der Waals surface area (Å²) in [7, 11) is 1.66. The highest BCUT2D eigenvalue weighted by atomic mass is 16.5. The molecular formula is C16H16N4O. The van der Waals surface area contributed by atoms with Gasteiger partial charge in [-0.05, 0) is 17.7 Å². The molecule has 0 saturated heterocycles. The van der Waals surface area contributed by atoms with Gasteiger partial charge in [0.1, 0.15) is 11.6 Å². The van der Waals surface area contributed by atoms with Crippen LogP contribution in [0.2, 0.25) is 0 Å². The summed E-state index contributed by atoms with van der Waals surface area (Å²) in [5.41, 5.74) is 8.11. The van der Waals surface area contributed by atoms with Gasteiger partial charge in [0.25, 0.3) is 0 Å². The van der Waals surface area contributed by atoms with E-state index in [-0.39, 0.29) is 0 Å². The second-order valence-electron chi connectivity index (χ2n) is 4.63. The summed E-state index contributed by atoms with van der Waals surface area (Å²) in [5.74, 6) is 2.34. The van der Waals surface area contributed by atoms with Crippen molar-refractivity contribution in [1.82, 2.24) is 10.9 Å². The van der Waals surface area contributed by atoms with Gasteiger partial charge in [-0.1, -0.05) is 42.5 Å². The molecule has 0 saturated carbocycles. The van der Waals surface area contributed by atoms with E-state index in [1.165, 1.54) is 0 Å². The monoisotopic (exact) mass is 280 g/mol. The highest BCUT2D eigenvalue weighted by Crippen LogP contribution is 2.12. The molecule has 0 spiro atoms. The Hall–Kier alpha value is -2.82. The molecule has 1 aliphatic rings. The van der Waals surface area contributed by atoms with Crippen molar-refractivity contribution < 1.29 is 4.74 Å². The van der Waals surface area contributed by atoms with Gasteiger partial charge in [-0.3, -0.25) is 10.9 Å². The Morgan fingerprint density at radius 2 is 1.67 bits per heavy atom. The second-order valence-corrected chi connectivity index (χ2v) is 4.63. The Balaban J connectivity index is 1.63. The summed E-state index contributed by atoms with van der Waals surface area (Å²) < 4.78 is 5.14. The van der Waals surface area contributed by atoms with Crippen molar-refractivity contribution in [3.05, 3.63) is 65.7 Å². The Kier molecular flexibility index (Phi) is 3.82. The number of rotatable bonds is 4. The SMILES string of the molecule is COc1ccc(CC2=NNC(c3ccccc3)=NN2)cc1. The van der Waals surface area contributed by atoms with Gasteiger partial charge in [-0.2, -0.15) is 10.2 Å². The summed E-state index contributed by atoms with van der Waals surface area (Å²) in [4.78, 5) is 0. The zero-order valence-electron chi connectivity index (χ0n) is 11.7. The topological polar surface area (TPSA) is 58.0 Å². The van der Waals surface area contributed by atoms with Gasteiger partial charge < -0.3 is 4.74 Å². The molecule has 106 valence electrons. The van der Waals surface area contributed by atoms with Crippen LogP contribution < -0.4 is 15.6 Å². The highest BCUT2D eigenvalue weighted by Gasteiger charge is 2.09. The third kappa shape index (κ3) is 3.20. The van der Waals surface area contributed by atoms with E-state index in [2.05, 4.69) is 21.1 Å². The van der Waals surface area contributed by atoms with Crippen molar-refractivity contribution in [3.63, 3.8) is 0 Å². The molecule has 2 aromatic carbocycles. The van der Waals surface area contributed by atoms with Crippen LogP contribution in [0.15, 0.2) is 64.8 Å². The number of hydrogen-bond donors (Lipinski definition) is 2. The molecule has 3 rings (SSSR count). The van der Waals surface area contributed by atoms with Crippen LogP contribution in [0.5, 0.6) is 5.75 Å². The molecule has 1 heterocycles. The lowest BCUT2D eigenvalue weighted by Gasteiger charge is -2.15. The van der Waals surface area contributed by atoms with Crippen LogP contribution in [-0.4, -0.2) is 18.8 Å². The lowest BCUT2D eigenvalue weighted by Crippen LogP contribution is -2.35. The van der Waals surface area contributed by atoms with E-state index in [0.717, 1.165) is 22.7 Å². The zero-order chi connectivity index (χ0) is 14.5. The largest absolute Gasteiger partial charge is 0.497 e. The first-order chi connectivity index (χ1) is 10.3. The van der Waals surface area contributed by atoms with E-state index in [4.69, 9.17) is 4.74 Å². The summed E-state index contributed by atoms with van der Waals surface area (Å²) >= 11 is 0. The molecule has 1 aliphatic heterocycles. The normalized spacial score (nSPS) is 13.6. The average molecular weight is 280 g/mol. The van der Waals surface area contributed by atoms with E-state index < -0.39 is 0 Å². The second kappa shape index (κ2) is 6.09. The van der Waals surface area contributed by atoms with Crippen molar-refractivity contribution in [2.24, 2.45) is 10.2 Å². The number of hydrazone groups is 2. The summed E-state index contributed by atoms with van der Waals surface area (Å²) in [6, 6.07) is 17.8. The molecule has 0 atom stereocenters. The van der Waals surface area contributed by atoms with Crippen molar-refractivity contribution in [3.8, 4) is 5.75 Å². The lowest BCUT2D eigenvalue weighted by molar-refractivity contribution is 0.414. The fourth-order valence-corrected chi connectivity index (χ4v) is 2.03. The zero-order valence-corrected chi connectivity index (χ0v) is 11.7. The minimum atomic E-state index is 0.683. The van der Waals surface area contributed by atoms with Crippen LogP contribution in [0, 0.1) is 0 Å². The van der Waals surface area contributed by atoms with Crippen LogP contribution >= 0.6 is 0 Å². The third-order valence-corrected chi connectivity index (χ3v) is 3.17. The van der Waals surface area contributed by atoms with Crippen molar-refractivity contribution in [1.29, 1.82) is 0 Å². The maximum atomic E-state index is 5.14. The molecule has 21 heavy (non-hydrogen) atoms. The van der Waals surface area contributed by atoms with Crippen LogP contribution in [0.4, 0.5) is 0 Å². The van der Waals surface area contributed by atoms with Gasteiger partial charge in [0, 0.05) is 12.0 Å². The Morgan fingerprint density at radius 3 is 2.29 bits per heavy atom. The van der Waals surface area contributed by atoms with Crippen LogP contribution in [0.1, 0.15) is 11.1 Å². The minimum absolute atomic E-state index is 0.683. The van der Waals surface area contributed by atoms with E-state index in [1.807, 2.05) is 54.6 Å². The first-order valence-electron chi connectivity index (χ1n) is 6.70. The van der Waals surface area contributed by atoms with Crippen molar-refractivity contribution in [2.45, 2.75) is 6.42 Å². The fraction of sp³-hybridized carbons (Fsp3) is 0.125. The van der Waals surface area contributed by atoms with Crippen LogP contribution in [0.25, 0.3) is 0 Å². The van der Waals surface area contributed by atoms with Gasteiger partial charge >= 0.3 is 0 Å². The Bertz CT molecular complexity index is 662. The van der Waals surface area contributed by atoms with Gasteiger partial charge in [0.2, 0.25) is 0 Å². The molecule has 0 radical (unpaired) electrons. The standard InChI is InChI=1S/C16H16N4O/c1-21-14-9-7-12(8-10-14)11-15-17-19-16(20-18-15)13-5-3-2-4-6-13/h2-10H,11H2,1H3,(H,17,18)(H,19,20). The summed E-state index contributed by atoms with van der Waals surface area (Å²) in [5, 5.41) is 8.63. The number of nitrogens with zero attached hydrogens (tertiary/aromatic N) is 2. The summed E-state index contributed by atoms with van der Waals surface area (Å²) in [6.45, 7) is 0. The molecule has 2 aromatic rings. The maximum Gasteiger partial charge on any atom is 0.173 e. The fourth-order valence-electron chi connectivity index (χ4n) is 2.03. The third-order valence-electron chi connectivity index (χ3n) is 3.17. The maximum absolute atomic E-state index is 5.14. The van der Waals surface area contributed by atoms with E-state index >= 15 is 0 Å². The molecule has 5 nitrogen and oxygen atoms in total. The molecule has 0 bridgehead atoms. The van der Waals surface area contributed by atoms with E-state index in [1.54, 1.807) is 7.11 Å². The predicted octanol–water partition coefficient (Wildman–Crippen LogP) is 2.11. The van der Waals surface area contributed by atoms with Crippen LogP contribution in [0.3, 0.4) is 0 Å². The van der Waals surface area contributed by atoms with Gasteiger partial charge in [-0.25, -0.2) is 0 Å². The smallest absolute Gasteiger partial charge is 0.173 e. The van der Waals surface area contributed by atoms with Crippen molar-refractivity contribution in [2.75, 3.05) is 7.11 Å². The number of methoxy groups -OCH3 is 1. The molecule has 2 N–H and O–H groups in total. The molecular weight excluding hydrogens is 264 g/mol. The molecule has 0 aromatic heterocycles. The van der Waals surface area contributed by atoms with E-state index in [9.17, 15) is 0 Å². The number of amidine groups is 2. The minimum Gasteiger partial charge on any atom is -0.497 e. The Morgan fingerprint density at radius 1 is 0.905 bits per heavy atom. The van der Waals surface area contributed by atoms with Gasteiger partial charge in [-0.15, -0.1) is 0 Å². The molecule has 0 unspecified atom stereocenters. The molecule has 0 fully saturated rings. The quantitative estimate of drug-likeness (QED) is 0.901. The van der Waals surface area contributed by atoms with E-state index in [0.29, 0.717) is 12.3 Å². The molecule has 5 heteroatoms. The van der Waals surface area contributed by atoms with Crippen LogP contribution in [-0.2, 0) is 6.42 Å². The number of hydrogen-bond acceptors (Lipinski definition) is 5. The number of ether oxygens (including phenoxy) is 1.